The summed E-state index contributed by atoms with van der Waals surface area (Å²) in [6.45, 7) is 4.28. The molecule has 1 aliphatic rings. The molecule has 1 fully saturated rings. The highest BCUT2D eigenvalue weighted by Crippen LogP contribution is 2.38. The predicted octanol–water partition coefficient (Wildman–Crippen LogP) is 9.69. The smallest absolute Gasteiger partial charge is 0.167 e. The fourth-order valence-electron chi connectivity index (χ4n) is 4.88. The minimum Gasteiger partial charge on any atom is -0.203 e. The van der Waals surface area contributed by atoms with E-state index in [0.717, 1.165) is 69.9 Å². The van der Waals surface area contributed by atoms with Crippen LogP contribution in [-0.4, -0.2) is 8.80 Å². The lowest BCUT2D eigenvalue weighted by Crippen LogP contribution is -2.19. The van der Waals surface area contributed by atoms with E-state index in [9.17, 15) is 8.78 Å². The first-order valence-corrected chi connectivity index (χ1v) is 14.9. The molecule has 0 unspecified atom stereocenters. The van der Waals surface area contributed by atoms with Crippen LogP contribution in [0.15, 0.2) is 36.0 Å². The molecule has 0 atom stereocenters. The molecular formula is C29H37F4Si. The zero-order valence-electron chi connectivity index (χ0n) is 20.5. The molecule has 3 rings (SSSR count). The van der Waals surface area contributed by atoms with E-state index in [2.05, 4.69) is 25.6 Å². The first kappa shape index (κ1) is 26.7. The fraction of sp³-hybridized carbons (Fsp3) is 0.517. The predicted molar refractivity (Wildman–Crippen MR) is 136 cm³/mol. The van der Waals surface area contributed by atoms with Gasteiger partial charge in [0.15, 0.2) is 23.3 Å². The Morgan fingerprint density at radius 1 is 0.765 bits per heavy atom. The van der Waals surface area contributed by atoms with Gasteiger partial charge in [0.25, 0.3) is 0 Å². The van der Waals surface area contributed by atoms with Gasteiger partial charge in [-0.25, -0.2) is 17.6 Å². The second-order valence-corrected chi connectivity index (χ2v) is 12.2. The number of aryl methyl sites for hydroxylation is 1. The van der Waals surface area contributed by atoms with E-state index in [1.54, 1.807) is 6.07 Å². The average Bonchev–Trinajstić information content (AvgIpc) is 2.84. The fourth-order valence-corrected chi connectivity index (χ4v) is 7.40. The van der Waals surface area contributed by atoms with Gasteiger partial charge in [0, 0.05) is 11.1 Å². The molecule has 0 spiro atoms. The third-order valence-corrected chi connectivity index (χ3v) is 9.56. The summed E-state index contributed by atoms with van der Waals surface area (Å²) in [5.41, 5.74) is 2.59. The van der Waals surface area contributed by atoms with Crippen molar-refractivity contribution in [1.29, 1.82) is 0 Å². The van der Waals surface area contributed by atoms with Crippen molar-refractivity contribution in [2.24, 2.45) is 0 Å². The molecule has 2 aromatic rings. The summed E-state index contributed by atoms with van der Waals surface area (Å²) < 4.78 is 59.6. The Morgan fingerprint density at radius 3 is 2.09 bits per heavy atom. The first-order chi connectivity index (χ1) is 16.5. The quantitative estimate of drug-likeness (QED) is 0.167. The van der Waals surface area contributed by atoms with Gasteiger partial charge in [0.2, 0.25) is 0 Å². The molecule has 0 N–H and O–H groups in total. The molecule has 0 nitrogen and oxygen atoms in total. The average molecular weight is 490 g/mol. The summed E-state index contributed by atoms with van der Waals surface area (Å²) in [5, 5.41) is 0. The van der Waals surface area contributed by atoms with E-state index < -0.39 is 32.1 Å². The van der Waals surface area contributed by atoms with Gasteiger partial charge >= 0.3 is 0 Å². The van der Waals surface area contributed by atoms with E-state index in [-0.39, 0.29) is 17.0 Å². The topological polar surface area (TPSA) is 0 Å². The van der Waals surface area contributed by atoms with Gasteiger partial charge in [-0.2, -0.15) is 0 Å². The highest BCUT2D eigenvalue weighted by atomic mass is 28.3. The molecule has 1 radical (unpaired) electrons. The second-order valence-electron chi connectivity index (χ2n) is 9.52. The molecule has 2 aromatic carbocycles. The molecular weight excluding hydrogens is 452 g/mol. The van der Waals surface area contributed by atoms with Crippen LogP contribution in [0.4, 0.5) is 17.6 Å². The van der Waals surface area contributed by atoms with Crippen molar-refractivity contribution in [2.45, 2.75) is 96.1 Å². The Bertz CT molecular complexity index is 961. The monoisotopic (exact) mass is 489 g/mol. The Labute approximate surface area is 204 Å². The van der Waals surface area contributed by atoms with E-state index in [4.69, 9.17) is 0 Å². The van der Waals surface area contributed by atoms with Crippen LogP contribution in [0.3, 0.4) is 0 Å². The summed E-state index contributed by atoms with van der Waals surface area (Å²) in [5.74, 6) is -4.06. The van der Waals surface area contributed by atoms with Gasteiger partial charge in [-0.1, -0.05) is 88.4 Å². The van der Waals surface area contributed by atoms with Gasteiger partial charge < -0.3 is 0 Å². The number of hydrogen-bond acceptors (Lipinski definition) is 0. The molecule has 0 saturated carbocycles. The Morgan fingerprint density at radius 2 is 1.41 bits per heavy atom. The van der Waals surface area contributed by atoms with Crippen molar-refractivity contribution < 1.29 is 17.6 Å². The Balaban J connectivity index is 1.72. The molecule has 34 heavy (non-hydrogen) atoms. The van der Waals surface area contributed by atoms with Gasteiger partial charge in [0.05, 0.1) is 8.80 Å². The molecule has 1 aliphatic heterocycles. The van der Waals surface area contributed by atoms with Gasteiger partial charge in [-0.05, 0) is 49.1 Å². The third-order valence-electron chi connectivity index (χ3n) is 6.99. The SMILES string of the molecule is CCC/C=C/[Si]1CCC(c2ccc(-c3ccc(CCCCCCC)c(F)c3F)c(F)c2F)CC1. The molecule has 1 heterocycles. The summed E-state index contributed by atoms with van der Waals surface area (Å²) in [6, 6.07) is 7.99. The second kappa shape index (κ2) is 13.3. The Hall–Kier alpha value is -1.88. The summed E-state index contributed by atoms with van der Waals surface area (Å²) in [4.78, 5) is 0. The number of allylic oxidation sites excluding steroid dienone is 1. The number of halogens is 4. The minimum atomic E-state index is -1.10. The number of benzene rings is 2. The lowest BCUT2D eigenvalue weighted by atomic mass is 9.90. The summed E-state index contributed by atoms with van der Waals surface area (Å²) in [6.07, 6.45) is 11.7. The van der Waals surface area contributed by atoms with Crippen molar-refractivity contribution in [1.82, 2.24) is 0 Å². The van der Waals surface area contributed by atoms with E-state index in [1.807, 2.05) is 0 Å². The maximum atomic E-state index is 15.1. The zero-order chi connectivity index (χ0) is 24.5. The number of unbranched alkanes of at least 4 members (excludes halogenated alkanes) is 5. The van der Waals surface area contributed by atoms with Gasteiger partial charge in [-0.15, -0.1) is 5.70 Å². The maximum absolute atomic E-state index is 15.1. The number of rotatable bonds is 11. The number of hydrogen-bond donors (Lipinski definition) is 0. The molecule has 0 aromatic heterocycles. The summed E-state index contributed by atoms with van der Waals surface area (Å²) >= 11 is 0. The normalized spacial score (nSPS) is 15.5. The molecule has 0 aliphatic carbocycles. The van der Waals surface area contributed by atoms with Crippen molar-refractivity contribution in [2.75, 3.05) is 0 Å². The standard InChI is InChI=1S/C29H37F4Si/c1-3-5-7-8-9-11-22-12-13-24(28(32)26(22)30)25-15-14-23(27(31)29(25)33)21-16-19-34(20-17-21)18-10-6-4-2/h10,12-15,18,21H,3-9,11,16-17,19-20H2,1-2H3/b18-10+. The van der Waals surface area contributed by atoms with Crippen molar-refractivity contribution in [3.8, 4) is 11.1 Å². The zero-order valence-corrected chi connectivity index (χ0v) is 21.5. The van der Waals surface area contributed by atoms with Crippen molar-refractivity contribution in [3.05, 3.63) is 70.4 Å². The first-order valence-electron chi connectivity index (χ1n) is 12.9. The van der Waals surface area contributed by atoms with Gasteiger partial charge in [0.1, 0.15) is 0 Å². The van der Waals surface area contributed by atoms with Crippen LogP contribution in [0.2, 0.25) is 12.1 Å². The Kier molecular flexibility index (Phi) is 10.4. The van der Waals surface area contributed by atoms with Crippen LogP contribution in [-0.2, 0) is 6.42 Å². The maximum Gasteiger partial charge on any atom is 0.167 e. The van der Waals surface area contributed by atoms with Crippen molar-refractivity contribution >= 4 is 8.80 Å². The van der Waals surface area contributed by atoms with Crippen molar-refractivity contribution in [3.63, 3.8) is 0 Å². The molecule has 0 amide bonds. The molecule has 0 bridgehead atoms. The van der Waals surface area contributed by atoms with Crippen LogP contribution in [0.5, 0.6) is 0 Å². The third kappa shape index (κ3) is 6.62. The molecule has 1 saturated heterocycles. The van der Waals surface area contributed by atoms with Crippen LogP contribution in [0.25, 0.3) is 11.1 Å². The van der Waals surface area contributed by atoms with Crippen LogP contribution in [0, 0.1) is 23.3 Å². The highest BCUT2D eigenvalue weighted by Gasteiger charge is 2.27. The summed E-state index contributed by atoms with van der Waals surface area (Å²) in [7, 11) is -0.547. The molecule has 185 valence electrons. The van der Waals surface area contributed by atoms with Crippen LogP contribution < -0.4 is 0 Å². The highest BCUT2D eigenvalue weighted by molar-refractivity contribution is 6.64. The lowest BCUT2D eigenvalue weighted by molar-refractivity contribution is 0.476. The lowest BCUT2D eigenvalue weighted by Gasteiger charge is -2.26. The van der Waals surface area contributed by atoms with Crippen LogP contribution in [0.1, 0.15) is 88.7 Å². The van der Waals surface area contributed by atoms with Crippen LogP contribution >= 0.6 is 0 Å². The van der Waals surface area contributed by atoms with Gasteiger partial charge in [-0.3, -0.25) is 0 Å². The van der Waals surface area contributed by atoms with E-state index >= 15 is 8.78 Å². The largest absolute Gasteiger partial charge is 0.203 e. The molecule has 5 heteroatoms. The van der Waals surface area contributed by atoms with E-state index in [0.29, 0.717) is 17.5 Å². The van der Waals surface area contributed by atoms with E-state index in [1.165, 1.54) is 18.2 Å². The minimum absolute atomic E-state index is 0.0199.